The summed E-state index contributed by atoms with van der Waals surface area (Å²) in [6.45, 7) is 2.54. The summed E-state index contributed by atoms with van der Waals surface area (Å²) < 4.78 is 7.01. The van der Waals surface area contributed by atoms with Gasteiger partial charge in [-0.15, -0.1) is 5.10 Å². The third-order valence-corrected chi connectivity index (χ3v) is 3.16. The highest BCUT2D eigenvalue weighted by Gasteiger charge is 2.31. The van der Waals surface area contributed by atoms with Crippen molar-refractivity contribution in [1.82, 2.24) is 14.8 Å². The molecule has 0 amide bonds. The number of benzene rings is 1. The van der Waals surface area contributed by atoms with Gasteiger partial charge in [-0.05, 0) is 44.0 Å². The van der Waals surface area contributed by atoms with E-state index in [1.54, 1.807) is 4.68 Å². The lowest BCUT2D eigenvalue weighted by molar-refractivity contribution is 0.0683. The van der Waals surface area contributed by atoms with Gasteiger partial charge in [0.25, 0.3) is 5.82 Å². The normalized spacial score (nSPS) is 14.2. The molecule has 0 unspecified atom stereocenters. The molecule has 0 spiro atoms. The Morgan fingerprint density at radius 2 is 2.10 bits per heavy atom. The Hall–Kier alpha value is -2.37. The van der Waals surface area contributed by atoms with Gasteiger partial charge in [-0.2, -0.15) is 0 Å². The molecule has 6 heteroatoms. The fourth-order valence-electron chi connectivity index (χ4n) is 2.06. The van der Waals surface area contributed by atoms with Gasteiger partial charge in [0.05, 0.1) is 12.3 Å². The number of aromatic carboxylic acids is 1. The number of aromatic nitrogens is 3. The van der Waals surface area contributed by atoms with Gasteiger partial charge in [-0.3, -0.25) is 0 Å². The summed E-state index contributed by atoms with van der Waals surface area (Å²) in [5.74, 6) is 0.578. The Labute approximate surface area is 116 Å². The average Bonchev–Trinajstić information content (AvgIpc) is 3.19. The molecular weight excluding hydrogens is 258 g/mol. The molecule has 1 N–H and O–H groups in total. The lowest BCUT2D eigenvalue weighted by Crippen LogP contribution is -2.03. The Balaban J connectivity index is 1.97. The van der Waals surface area contributed by atoms with E-state index in [0.29, 0.717) is 12.5 Å². The van der Waals surface area contributed by atoms with Crippen LogP contribution in [-0.4, -0.2) is 32.4 Å². The molecule has 2 aromatic rings. The topological polar surface area (TPSA) is 77.2 Å². The highest BCUT2D eigenvalue weighted by molar-refractivity contribution is 5.83. The van der Waals surface area contributed by atoms with Crippen LogP contribution in [0.25, 0.3) is 5.69 Å². The molecular formula is C14H15N3O3. The van der Waals surface area contributed by atoms with Gasteiger partial charge >= 0.3 is 5.97 Å². The van der Waals surface area contributed by atoms with Crippen molar-refractivity contribution in [3.8, 4) is 11.4 Å². The van der Waals surface area contributed by atoms with Crippen molar-refractivity contribution >= 4 is 5.97 Å². The molecule has 20 heavy (non-hydrogen) atoms. The third kappa shape index (κ3) is 2.36. The van der Waals surface area contributed by atoms with Crippen molar-refractivity contribution in [3.05, 3.63) is 35.9 Å². The smallest absolute Gasteiger partial charge is 0.375 e. The van der Waals surface area contributed by atoms with Gasteiger partial charge < -0.3 is 9.84 Å². The molecule has 0 atom stereocenters. The van der Waals surface area contributed by atoms with Gasteiger partial charge in [0.15, 0.2) is 0 Å². The molecule has 1 fully saturated rings. The second-order valence-corrected chi connectivity index (χ2v) is 4.71. The zero-order valence-electron chi connectivity index (χ0n) is 11.1. The standard InChI is InChI=1S/C14H15N3O3/c1-2-20-11-7-5-10(6-8-11)17-13(9-3-4-9)15-12(16-17)14(18)19/h5-9H,2-4H2,1H3,(H,18,19). The van der Waals surface area contributed by atoms with E-state index >= 15 is 0 Å². The summed E-state index contributed by atoms with van der Waals surface area (Å²) in [6.07, 6.45) is 2.07. The van der Waals surface area contributed by atoms with Crippen molar-refractivity contribution in [3.63, 3.8) is 0 Å². The number of carboxylic acid groups (broad SMARTS) is 1. The maximum Gasteiger partial charge on any atom is 0.375 e. The van der Waals surface area contributed by atoms with Gasteiger partial charge in [0, 0.05) is 5.92 Å². The molecule has 104 valence electrons. The first kappa shape index (κ1) is 12.7. The van der Waals surface area contributed by atoms with E-state index in [1.807, 2.05) is 31.2 Å². The quantitative estimate of drug-likeness (QED) is 0.904. The predicted molar refractivity (Wildman–Crippen MR) is 71.5 cm³/mol. The van der Waals surface area contributed by atoms with Crippen LogP contribution in [0.1, 0.15) is 42.1 Å². The van der Waals surface area contributed by atoms with Crippen LogP contribution in [0.4, 0.5) is 0 Å². The van der Waals surface area contributed by atoms with Crippen molar-refractivity contribution in [2.45, 2.75) is 25.7 Å². The number of carbonyl (C=O) groups is 1. The Bertz CT molecular complexity index is 630. The van der Waals surface area contributed by atoms with E-state index in [0.717, 1.165) is 30.1 Å². The first-order valence-corrected chi connectivity index (χ1v) is 6.62. The van der Waals surface area contributed by atoms with Gasteiger partial charge in [-0.1, -0.05) is 0 Å². The third-order valence-electron chi connectivity index (χ3n) is 3.16. The van der Waals surface area contributed by atoms with E-state index in [-0.39, 0.29) is 5.82 Å². The number of rotatable bonds is 5. The monoisotopic (exact) mass is 273 g/mol. The predicted octanol–water partition coefficient (Wildman–Crippen LogP) is 2.24. The lowest BCUT2D eigenvalue weighted by Gasteiger charge is -2.07. The zero-order valence-corrected chi connectivity index (χ0v) is 11.1. The summed E-state index contributed by atoms with van der Waals surface area (Å²) in [7, 11) is 0. The molecule has 6 nitrogen and oxygen atoms in total. The van der Waals surface area contributed by atoms with Crippen LogP contribution in [-0.2, 0) is 0 Å². The van der Waals surface area contributed by atoms with Crippen LogP contribution in [0.5, 0.6) is 5.75 Å². The molecule has 3 rings (SSSR count). The van der Waals surface area contributed by atoms with Crippen molar-refractivity contribution < 1.29 is 14.6 Å². The van der Waals surface area contributed by atoms with Crippen molar-refractivity contribution in [2.75, 3.05) is 6.61 Å². The first-order valence-electron chi connectivity index (χ1n) is 6.62. The summed E-state index contributed by atoms with van der Waals surface area (Å²) in [5.41, 5.74) is 0.801. The lowest BCUT2D eigenvalue weighted by atomic mass is 10.3. The number of hydrogen-bond donors (Lipinski definition) is 1. The molecule has 1 aromatic heterocycles. The first-order chi connectivity index (χ1) is 9.69. The number of carboxylic acids is 1. The summed E-state index contributed by atoms with van der Waals surface area (Å²) >= 11 is 0. The van der Waals surface area contributed by atoms with E-state index < -0.39 is 5.97 Å². The van der Waals surface area contributed by atoms with E-state index in [1.165, 1.54) is 0 Å². The molecule has 1 aliphatic rings. The largest absolute Gasteiger partial charge is 0.494 e. The molecule has 0 radical (unpaired) electrons. The van der Waals surface area contributed by atoms with Gasteiger partial charge in [-0.25, -0.2) is 14.5 Å². The minimum atomic E-state index is -1.10. The van der Waals surface area contributed by atoms with Gasteiger partial charge in [0.1, 0.15) is 11.6 Å². The highest BCUT2D eigenvalue weighted by atomic mass is 16.5. The van der Waals surface area contributed by atoms with Crippen LogP contribution >= 0.6 is 0 Å². The summed E-state index contributed by atoms with van der Waals surface area (Å²) in [5, 5.41) is 13.1. The van der Waals surface area contributed by atoms with E-state index in [9.17, 15) is 4.79 Å². The Morgan fingerprint density at radius 1 is 1.40 bits per heavy atom. The van der Waals surface area contributed by atoms with Crippen molar-refractivity contribution in [1.29, 1.82) is 0 Å². The number of ether oxygens (including phenoxy) is 1. The maximum atomic E-state index is 11.0. The van der Waals surface area contributed by atoms with Crippen molar-refractivity contribution in [2.24, 2.45) is 0 Å². The summed E-state index contributed by atoms with van der Waals surface area (Å²) in [4.78, 5) is 15.1. The van der Waals surface area contributed by atoms with Crippen LogP contribution in [0.3, 0.4) is 0 Å². The molecule has 1 heterocycles. The summed E-state index contributed by atoms with van der Waals surface area (Å²) in [6, 6.07) is 7.41. The van der Waals surface area contributed by atoms with Gasteiger partial charge in [0.2, 0.25) is 0 Å². The zero-order chi connectivity index (χ0) is 14.1. The maximum absolute atomic E-state index is 11.0. The average molecular weight is 273 g/mol. The Kier molecular flexibility index (Phi) is 3.14. The molecule has 1 saturated carbocycles. The number of nitrogens with zero attached hydrogens (tertiary/aromatic N) is 3. The fourth-order valence-corrected chi connectivity index (χ4v) is 2.06. The minimum absolute atomic E-state index is 0.152. The minimum Gasteiger partial charge on any atom is -0.494 e. The SMILES string of the molecule is CCOc1ccc(-n2nc(C(=O)O)nc2C2CC2)cc1. The fraction of sp³-hybridized carbons (Fsp3) is 0.357. The number of hydrogen-bond acceptors (Lipinski definition) is 4. The molecule has 0 bridgehead atoms. The van der Waals surface area contributed by atoms with E-state index in [2.05, 4.69) is 10.1 Å². The molecule has 0 saturated heterocycles. The highest BCUT2D eigenvalue weighted by Crippen LogP contribution is 2.39. The van der Waals surface area contributed by atoms with Crippen LogP contribution in [0.15, 0.2) is 24.3 Å². The van der Waals surface area contributed by atoms with E-state index in [4.69, 9.17) is 9.84 Å². The second-order valence-electron chi connectivity index (χ2n) is 4.71. The van der Waals surface area contributed by atoms with Crippen LogP contribution in [0.2, 0.25) is 0 Å². The molecule has 1 aliphatic carbocycles. The second kappa shape index (κ2) is 4.96. The van der Waals surface area contributed by atoms with Crippen LogP contribution in [0, 0.1) is 0 Å². The molecule has 0 aliphatic heterocycles. The van der Waals surface area contributed by atoms with Crippen LogP contribution < -0.4 is 4.74 Å². The Morgan fingerprint density at radius 3 is 2.65 bits per heavy atom. The molecule has 1 aromatic carbocycles.